The summed E-state index contributed by atoms with van der Waals surface area (Å²) in [7, 11) is 0. The molecule has 1 aliphatic rings. The van der Waals surface area contributed by atoms with Crippen molar-refractivity contribution in [2.24, 2.45) is 5.73 Å². The van der Waals surface area contributed by atoms with Crippen molar-refractivity contribution >= 4 is 17.4 Å². The van der Waals surface area contributed by atoms with Crippen LogP contribution in [0.1, 0.15) is 47.9 Å². The van der Waals surface area contributed by atoms with E-state index in [1.54, 1.807) is 12.1 Å². The lowest BCUT2D eigenvalue weighted by molar-refractivity contribution is -0.140. The minimum absolute atomic E-state index is 0.0621. The Kier molecular flexibility index (Phi) is 4.44. The number of rotatable bonds is 4. The summed E-state index contributed by atoms with van der Waals surface area (Å²) in [6.07, 6.45) is 0.996. The number of nitrogens with zero attached hydrogens (tertiary/aromatic N) is 5. The number of hydrogen-bond donors (Lipinski definition) is 2. The molecule has 4 rings (SSSR count). The van der Waals surface area contributed by atoms with Gasteiger partial charge in [-0.2, -0.15) is 23.1 Å². The van der Waals surface area contributed by atoms with Crippen LogP contribution < -0.4 is 11.1 Å². The SMILES string of the molecule is NC(=O)c1cnn(C2CCC(Nc3cccc4nc(C(F)(F)F)cn34)CC2)n1. The second kappa shape index (κ2) is 6.80. The molecule has 3 aromatic rings. The Labute approximate surface area is 157 Å². The minimum Gasteiger partial charge on any atom is -0.368 e. The van der Waals surface area contributed by atoms with Crippen LogP contribution in [0.25, 0.3) is 5.65 Å². The molecule has 0 spiro atoms. The second-order valence-electron chi connectivity index (χ2n) is 6.83. The van der Waals surface area contributed by atoms with E-state index in [9.17, 15) is 18.0 Å². The lowest BCUT2D eigenvalue weighted by Crippen LogP contribution is -2.29. The van der Waals surface area contributed by atoms with Crippen molar-refractivity contribution in [3.8, 4) is 0 Å². The lowest BCUT2D eigenvalue weighted by Gasteiger charge is -2.29. The number of imidazole rings is 1. The third-order valence-corrected chi connectivity index (χ3v) is 4.92. The van der Waals surface area contributed by atoms with E-state index >= 15 is 0 Å². The van der Waals surface area contributed by atoms with E-state index in [1.165, 1.54) is 21.5 Å². The first-order valence-electron chi connectivity index (χ1n) is 8.85. The molecule has 0 unspecified atom stereocenters. The molecule has 1 aliphatic carbocycles. The van der Waals surface area contributed by atoms with Crippen LogP contribution in [-0.2, 0) is 6.18 Å². The molecule has 0 aliphatic heterocycles. The van der Waals surface area contributed by atoms with E-state index in [4.69, 9.17) is 5.73 Å². The molecule has 0 bridgehead atoms. The largest absolute Gasteiger partial charge is 0.434 e. The average Bonchev–Trinajstić information content (AvgIpc) is 3.30. The summed E-state index contributed by atoms with van der Waals surface area (Å²) in [5, 5.41) is 11.5. The van der Waals surface area contributed by atoms with Crippen LogP contribution in [0.15, 0.2) is 30.6 Å². The molecule has 28 heavy (non-hydrogen) atoms. The first kappa shape index (κ1) is 18.3. The van der Waals surface area contributed by atoms with E-state index in [1.807, 2.05) is 0 Å². The summed E-state index contributed by atoms with van der Waals surface area (Å²) >= 11 is 0. The second-order valence-corrected chi connectivity index (χ2v) is 6.83. The molecule has 8 nitrogen and oxygen atoms in total. The van der Waals surface area contributed by atoms with E-state index in [0.29, 0.717) is 5.82 Å². The van der Waals surface area contributed by atoms with Crippen LogP contribution in [-0.4, -0.2) is 36.3 Å². The summed E-state index contributed by atoms with van der Waals surface area (Å²) in [5.41, 5.74) is 4.65. The minimum atomic E-state index is -4.48. The Hall–Kier alpha value is -3.11. The number of pyridine rings is 1. The van der Waals surface area contributed by atoms with E-state index < -0.39 is 17.8 Å². The van der Waals surface area contributed by atoms with Gasteiger partial charge in [-0.15, -0.1) is 5.10 Å². The quantitative estimate of drug-likeness (QED) is 0.709. The molecule has 148 valence electrons. The van der Waals surface area contributed by atoms with Crippen LogP contribution in [0.5, 0.6) is 0 Å². The maximum Gasteiger partial charge on any atom is 0.434 e. The molecule has 0 atom stereocenters. The zero-order valence-electron chi connectivity index (χ0n) is 14.7. The van der Waals surface area contributed by atoms with Crippen LogP contribution >= 0.6 is 0 Å². The van der Waals surface area contributed by atoms with Gasteiger partial charge in [0.25, 0.3) is 5.91 Å². The molecule has 0 saturated heterocycles. The Morgan fingerprint density at radius 1 is 1.21 bits per heavy atom. The lowest BCUT2D eigenvalue weighted by atomic mass is 9.91. The fraction of sp³-hybridized carbons (Fsp3) is 0.412. The van der Waals surface area contributed by atoms with Gasteiger partial charge in [0.1, 0.15) is 11.5 Å². The van der Waals surface area contributed by atoms with E-state index in [0.717, 1.165) is 31.9 Å². The molecule has 0 aromatic carbocycles. The van der Waals surface area contributed by atoms with Gasteiger partial charge in [-0.1, -0.05) is 6.07 Å². The third-order valence-electron chi connectivity index (χ3n) is 4.92. The highest BCUT2D eigenvalue weighted by molar-refractivity contribution is 5.90. The standard InChI is InChI=1S/C17H18F3N7O/c18-17(19,20)13-9-26-14(2-1-3-15(26)24-13)23-10-4-6-11(7-5-10)27-22-8-12(25-27)16(21)28/h1-3,8-11,23H,4-7H2,(H2,21,28). The van der Waals surface area contributed by atoms with E-state index in [2.05, 4.69) is 20.5 Å². The van der Waals surface area contributed by atoms with Crippen molar-refractivity contribution in [3.05, 3.63) is 42.0 Å². The van der Waals surface area contributed by atoms with Crippen LogP contribution in [0.4, 0.5) is 19.0 Å². The summed E-state index contributed by atoms with van der Waals surface area (Å²) in [6.45, 7) is 0. The van der Waals surface area contributed by atoms with Crippen molar-refractivity contribution in [3.63, 3.8) is 0 Å². The Balaban J connectivity index is 1.44. The number of alkyl halides is 3. The first-order chi connectivity index (χ1) is 13.3. The van der Waals surface area contributed by atoms with Gasteiger partial charge in [-0.3, -0.25) is 9.20 Å². The topological polar surface area (TPSA) is 103 Å². The summed E-state index contributed by atoms with van der Waals surface area (Å²) in [5.74, 6) is -0.0505. The molecule has 0 radical (unpaired) electrons. The van der Waals surface area contributed by atoms with Gasteiger partial charge < -0.3 is 11.1 Å². The van der Waals surface area contributed by atoms with Crippen molar-refractivity contribution < 1.29 is 18.0 Å². The number of amides is 1. The fourth-order valence-corrected chi connectivity index (χ4v) is 3.49. The van der Waals surface area contributed by atoms with Crippen molar-refractivity contribution in [2.45, 2.75) is 43.9 Å². The van der Waals surface area contributed by atoms with E-state index in [-0.39, 0.29) is 23.4 Å². The normalized spacial score (nSPS) is 20.4. The Morgan fingerprint density at radius 2 is 1.96 bits per heavy atom. The predicted octanol–water partition coefficient (Wildman–Crippen LogP) is 2.64. The first-order valence-corrected chi connectivity index (χ1v) is 8.85. The number of fused-ring (bicyclic) bond motifs is 1. The molecule has 3 N–H and O–H groups in total. The summed E-state index contributed by atoms with van der Waals surface area (Å²) < 4.78 is 40.2. The number of halogens is 3. The van der Waals surface area contributed by atoms with Gasteiger partial charge in [0.05, 0.1) is 12.2 Å². The number of hydrogen-bond acceptors (Lipinski definition) is 5. The van der Waals surface area contributed by atoms with Crippen molar-refractivity contribution in [1.29, 1.82) is 0 Å². The number of anilines is 1. The maximum absolute atomic E-state index is 12.9. The smallest absolute Gasteiger partial charge is 0.368 e. The number of carbonyl (C=O) groups is 1. The fourth-order valence-electron chi connectivity index (χ4n) is 3.49. The van der Waals surface area contributed by atoms with Crippen LogP contribution in [0, 0.1) is 0 Å². The predicted molar refractivity (Wildman–Crippen MR) is 93.6 cm³/mol. The van der Waals surface area contributed by atoms with Gasteiger partial charge in [-0.25, -0.2) is 4.98 Å². The molecule has 1 amide bonds. The zero-order chi connectivity index (χ0) is 19.9. The highest BCUT2D eigenvalue weighted by Gasteiger charge is 2.34. The van der Waals surface area contributed by atoms with Crippen molar-refractivity contribution in [1.82, 2.24) is 24.4 Å². The monoisotopic (exact) mass is 393 g/mol. The third kappa shape index (κ3) is 3.51. The van der Waals surface area contributed by atoms with Gasteiger partial charge in [0, 0.05) is 12.2 Å². The van der Waals surface area contributed by atoms with Gasteiger partial charge in [0.15, 0.2) is 11.4 Å². The zero-order valence-corrected chi connectivity index (χ0v) is 14.7. The number of nitrogens with two attached hydrogens (primary N) is 1. The highest BCUT2D eigenvalue weighted by Crippen LogP contribution is 2.31. The van der Waals surface area contributed by atoms with Crippen LogP contribution in [0.3, 0.4) is 0 Å². The van der Waals surface area contributed by atoms with Gasteiger partial charge in [0.2, 0.25) is 0 Å². The molecule has 11 heteroatoms. The van der Waals surface area contributed by atoms with Crippen molar-refractivity contribution in [2.75, 3.05) is 5.32 Å². The number of nitrogens with one attached hydrogen (secondary N) is 1. The highest BCUT2D eigenvalue weighted by atomic mass is 19.4. The molecule has 1 saturated carbocycles. The number of carbonyl (C=O) groups excluding carboxylic acids is 1. The molecule has 1 fully saturated rings. The van der Waals surface area contributed by atoms with Gasteiger partial charge in [-0.05, 0) is 37.8 Å². The summed E-state index contributed by atoms with van der Waals surface area (Å²) in [6, 6.07) is 5.11. The van der Waals surface area contributed by atoms with Crippen LogP contribution in [0.2, 0.25) is 0 Å². The molecule has 3 aromatic heterocycles. The number of aromatic nitrogens is 5. The maximum atomic E-state index is 12.9. The number of primary amides is 1. The van der Waals surface area contributed by atoms with Gasteiger partial charge >= 0.3 is 6.18 Å². The molecular formula is C17H18F3N7O. The molecular weight excluding hydrogens is 375 g/mol. The average molecular weight is 393 g/mol. The Bertz CT molecular complexity index is 1000. The Morgan fingerprint density at radius 3 is 2.61 bits per heavy atom. The molecule has 3 heterocycles. The summed E-state index contributed by atoms with van der Waals surface area (Å²) in [4.78, 5) is 16.3.